The number of rotatable bonds is 5. The summed E-state index contributed by atoms with van der Waals surface area (Å²) >= 11 is 2.91. The third-order valence-corrected chi connectivity index (χ3v) is 3.44. The normalized spacial score (nSPS) is 11.9. The zero-order chi connectivity index (χ0) is 15.5. The summed E-state index contributed by atoms with van der Waals surface area (Å²) in [7, 11) is 0. The molecule has 2 aromatic rings. The summed E-state index contributed by atoms with van der Waals surface area (Å²) in [5.74, 6) is 0.457. The number of nitrogens with one attached hydrogen (secondary N) is 1. The fourth-order valence-electron chi connectivity index (χ4n) is 1.76. The smallest absolute Gasteiger partial charge is 0.310 e. The summed E-state index contributed by atoms with van der Waals surface area (Å²) in [5, 5.41) is 14.2. The number of benzene rings is 1. The largest absolute Gasteiger partial charge is 0.417 e. The molecule has 0 amide bonds. The third kappa shape index (κ3) is 3.79. The topological polar surface area (TPSA) is 55.6 Å². The number of hydrogen-bond acceptors (Lipinski definition) is 4. The molecule has 21 heavy (non-hydrogen) atoms. The lowest BCUT2D eigenvalue weighted by Crippen LogP contribution is -2.18. The molecule has 9 heteroatoms. The van der Waals surface area contributed by atoms with Gasteiger partial charge in [0, 0.05) is 4.47 Å². The van der Waals surface area contributed by atoms with Gasteiger partial charge in [-0.2, -0.15) is 17.9 Å². The van der Waals surface area contributed by atoms with Gasteiger partial charge in [-0.25, -0.2) is 0 Å². The molecule has 1 aromatic carbocycles. The molecule has 0 aliphatic rings. The van der Waals surface area contributed by atoms with E-state index in [0.29, 0.717) is 12.4 Å². The Morgan fingerprint density at radius 1 is 1.33 bits per heavy atom. The molecule has 1 heterocycles. The third-order valence-electron chi connectivity index (χ3n) is 2.74. The van der Waals surface area contributed by atoms with Crippen LogP contribution in [0.4, 0.5) is 13.2 Å². The van der Waals surface area contributed by atoms with Gasteiger partial charge in [-0.1, -0.05) is 22.9 Å². The summed E-state index contributed by atoms with van der Waals surface area (Å²) in [6, 6.07) is 3.88. The average molecular weight is 364 g/mol. The lowest BCUT2D eigenvalue weighted by atomic mass is 10.2. The monoisotopic (exact) mass is 363 g/mol. The highest BCUT2D eigenvalue weighted by molar-refractivity contribution is 9.10. The van der Waals surface area contributed by atoms with Crippen LogP contribution in [-0.2, 0) is 12.7 Å². The molecule has 0 saturated carbocycles. The highest BCUT2D eigenvalue weighted by Crippen LogP contribution is 2.35. The SMILES string of the molecule is CCCNCc1nnnn1-c1ccc(Br)c(C(F)(F)F)c1. The highest BCUT2D eigenvalue weighted by atomic mass is 79.9. The van der Waals surface area contributed by atoms with Crippen LogP contribution >= 0.6 is 15.9 Å². The van der Waals surface area contributed by atoms with Crippen LogP contribution in [-0.4, -0.2) is 26.8 Å². The van der Waals surface area contributed by atoms with E-state index in [-0.39, 0.29) is 10.2 Å². The molecule has 0 bridgehead atoms. The van der Waals surface area contributed by atoms with Crippen LogP contribution in [0.2, 0.25) is 0 Å². The van der Waals surface area contributed by atoms with Crippen molar-refractivity contribution in [1.29, 1.82) is 0 Å². The number of tetrazole rings is 1. The van der Waals surface area contributed by atoms with Crippen LogP contribution in [0.3, 0.4) is 0 Å². The Kier molecular flexibility index (Phi) is 4.94. The summed E-state index contributed by atoms with van der Waals surface area (Å²) in [5.41, 5.74) is -0.494. The minimum Gasteiger partial charge on any atom is -0.310 e. The second kappa shape index (κ2) is 6.52. The van der Waals surface area contributed by atoms with E-state index in [4.69, 9.17) is 0 Å². The molecule has 0 aliphatic carbocycles. The van der Waals surface area contributed by atoms with E-state index in [1.54, 1.807) is 0 Å². The quantitative estimate of drug-likeness (QED) is 0.829. The maximum absolute atomic E-state index is 12.9. The zero-order valence-electron chi connectivity index (χ0n) is 11.2. The van der Waals surface area contributed by atoms with E-state index in [0.717, 1.165) is 19.0 Å². The molecule has 1 aromatic heterocycles. The van der Waals surface area contributed by atoms with E-state index in [1.165, 1.54) is 16.8 Å². The average Bonchev–Trinajstić information content (AvgIpc) is 2.87. The number of nitrogens with zero attached hydrogens (tertiary/aromatic N) is 4. The number of aromatic nitrogens is 4. The summed E-state index contributed by atoms with van der Waals surface area (Å²) < 4.78 is 40.0. The minimum absolute atomic E-state index is 0.0162. The molecule has 0 aliphatic heterocycles. The predicted molar refractivity (Wildman–Crippen MR) is 73.9 cm³/mol. The molecule has 2 rings (SSSR count). The highest BCUT2D eigenvalue weighted by Gasteiger charge is 2.33. The number of halogens is 4. The van der Waals surface area contributed by atoms with Crippen molar-refractivity contribution in [2.24, 2.45) is 0 Å². The Bertz CT molecular complexity index is 611. The van der Waals surface area contributed by atoms with Gasteiger partial charge in [-0.3, -0.25) is 0 Å². The van der Waals surface area contributed by atoms with Crippen molar-refractivity contribution >= 4 is 15.9 Å². The molecule has 0 saturated heterocycles. The maximum Gasteiger partial charge on any atom is 0.417 e. The molecule has 0 unspecified atom stereocenters. The van der Waals surface area contributed by atoms with Crippen LogP contribution < -0.4 is 5.32 Å². The van der Waals surface area contributed by atoms with E-state index < -0.39 is 11.7 Å². The minimum atomic E-state index is -4.44. The van der Waals surface area contributed by atoms with Crippen molar-refractivity contribution in [1.82, 2.24) is 25.5 Å². The Morgan fingerprint density at radius 3 is 2.76 bits per heavy atom. The van der Waals surface area contributed by atoms with Crippen molar-refractivity contribution in [2.45, 2.75) is 26.1 Å². The molecule has 0 radical (unpaired) electrons. The predicted octanol–water partition coefficient (Wildman–Crippen LogP) is 2.94. The van der Waals surface area contributed by atoms with Crippen LogP contribution in [0.5, 0.6) is 0 Å². The van der Waals surface area contributed by atoms with Gasteiger partial charge in [-0.15, -0.1) is 5.10 Å². The second-order valence-electron chi connectivity index (χ2n) is 4.35. The van der Waals surface area contributed by atoms with Gasteiger partial charge < -0.3 is 5.32 Å². The second-order valence-corrected chi connectivity index (χ2v) is 5.20. The van der Waals surface area contributed by atoms with E-state index in [9.17, 15) is 13.2 Å². The van der Waals surface area contributed by atoms with Gasteiger partial charge in [0.15, 0.2) is 5.82 Å². The zero-order valence-corrected chi connectivity index (χ0v) is 12.7. The van der Waals surface area contributed by atoms with E-state index in [1.807, 2.05) is 6.92 Å². The van der Waals surface area contributed by atoms with Crippen LogP contribution in [0.25, 0.3) is 5.69 Å². The first-order valence-electron chi connectivity index (χ1n) is 6.28. The van der Waals surface area contributed by atoms with Crippen LogP contribution in [0, 0.1) is 0 Å². The molecule has 114 valence electrons. The van der Waals surface area contributed by atoms with Gasteiger partial charge in [0.1, 0.15) is 0 Å². The van der Waals surface area contributed by atoms with Crippen molar-refractivity contribution in [2.75, 3.05) is 6.54 Å². The van der Waals surface area contributed by atoms with Gasteiger partial charge >= 0.3 is 6.18 Å². The van der Waals surface area contributed by atoms with Gasteiger partial charge in [0.05, 0.1) is 17.8 Å². The standard InChI is InChI=1S/C12H13BrF3N5/c1-2-5-17-7-11-18-19-20-21(11)8-3-4-10(13)9(6-8)12(14,15)16/h3-4,6,17H,2,5,7H2,1H3. The lowest BCUT2D eigenvalue weighted by molar-refractivity contribution is -0.138. The molecule has 5 nitrogen and oxygen atoms in total. The Morgan fingerprint density at radius 2 is 2.10 bits per heavy atom. The van der Waals surface area contributed by atoms with Crippen LogP contribution in [0.15, 0.2) is 22.7 Å². The van der Waals surface area contributed by atoms with Gasteiger partial charge in [0.25, 0.3) is 0 Å². The Hall–Kier alpha value is -1.48. The lowest BCUT2D eigenvalue weighted by Gasteiger charge is -2.11. The fourth-order valence-corrected chi connectivity index (χ4v) is 2.23. The molecular formula is C12H13BrF3N5. The summed E-state index contributed by atoms with van der Waals surface area (Å²) in [6.07, 6.45) is -3.50. The van der Waals surface area contributed by atoms with Crippen molar-refractivity contribution < 1.29 is 13.2 Å². The maximum atomic E-state index is 12.9. The van der Waals surface area contributed by atoms with Gasteiger partial charge in [-0.05, 0) is 41.6 Å². The molecule has 0 atom stereocenters. The van der Waals surface area contributed by atoms with Crippen molar-refractivity contribution in [3.8, 4) is 5.69 Å². The summed E-state index contributed by atoms with van der Waals surface area (Å²) in [6.45, 7) is 3.18. The first-order valence-corrected chi connectivity index (χ1v) is 7.08. The summed E-state index contributed by atoms with van der Waals surface area (Å²) in [4.78, 5) is 0. The molecule has 1 N–H and O–H groups in total. The van der Waals surface area contributed by atoms with Crippen molar-refractivity contribution in [3.63, 3.8) is 0 Å². The first-order chi connectivity index (χ1) is 9.93. The molecular weight excluding hydrogens is 351 g/mol. The number of hydrogen-bond donors (Lipinski definition) is 1. The van der Waals surface area contributed by atoms with Gasteiger partial charge in [0.2, 0.25) is 0 Å². The Balaban J connectivity index is 2.33. The molecule has 0 fully saturated rings. The van der Waals surface area contributed by atoms with Crippen molar-refractivity contribution in [3.05, 3.63) is 34.1 Å². The van der Waals surface area contributed by atoms with E-state index >= 15 is 0 Å². The Labute approximate surface area is 127 Å². The molecule has 0 spiro atoms. The van der Waals surface area contributed by atoms with Crippen LogP contribution in [0.1, 0.15) is 24.7 Å². The first kappa shape index (κ1) is 15.9. The number of alkyl halides is 3. The fraction of sp³-hybridized carbons (Fsp3) is 0.417. The van der Waals surface area contributed by atoms with E-state index in [2.05, 4.69) is 36.8 Å².